The van der Waals surface area contributed by atoms with Crippen molar-refractivity contribution >= 4 is 34.2 Å². The molecule has 1 heterocycles. The summed E-state index contributed by atoms with van der Waals surface area (Å²) >= 11 is 0. The van der Waals surface area contributed by atoms with Crippen LogP contribution in [0.1, 0.15) is 62.5 Å². The first-order valence-electron chi connectivity index (χ1n) is 16.3. The molecule has 1 saturated carbocycles. The average Bonchev–Trinajstić information content (AvgIpc) is 3.32. The summed E-state index contributed by atoms with van der Waals surface area (Å²) < 4.78 is 5.54. The number of aliphatic hydroxyl groups excluding tert-OH is 2. The number of imide groups is 1. The van der Waals surface area contributed by atoms with Gasteiger partial charge in [0.2, 0.25) is 11.8 Å². The first kappa shape index (κ1) is 31.2. The Morgan fingerprint density at radius 2 is 1.67 bits per heavy atom. The molecule has 0 aromatic heterocycles. The van der Waals surface area contributed by atoms with E-state index >= 15 is 0 Å². The van der Waals surface area contributed by atoms with Crippen LogP contribution in [0, 0.1) is 17.8 Å². The molecule has 1 aliphatic heterocycles. The Balaban J connectivity index is 1.31. The van der Waals surface area contributed by atoms with E-state index in [0.29, 0.717) is 24.8 Å². The lowest BCUT2D eigenvalue weighted by molar-refractivity contribution is -0.143. The zero-order valence-electron chi connectivity index (χ0n) is 25.9. The zero-order valence-corrected chi connectivity index (χ0v) is 25.9. The molecule has 236 valence electrons. The van der Waals surface area contributed by atoms with Crippen molar-refractivity contribution in [3.8, 4) is 5.75 Å². The largest absolute Gasteiger partial charge is 0.507 e. The normalized spacial score (nSPS) is 23.6. The van der Waals surface area contributed by atoms with Crippen LogP contribution in [0.4, 0.5) is 0 Å². The number of aromatic hydroxyl groups is 1. The molecular weight excluding hydrogens is 566 g/mol. The van der Waals surface area contributed by atoms with E-state index in [2.05, 4.69) is 6.08 Å². The number of rotatable bonds is 10. The first-order chi connectivity index (χ1) is 21.9. The molecule has 4 atom stereocenters. The summed E-state index contributed by atoms with van der Waals surface area (Å²) in [6.45, 7) is -0.0862. The molecule has 0 spiro atoms. The maximum absolute atomic E-state index is 13.9. The van der Waals surface area contributed by atoms with Gasteiger partial charge in [-0.05, 0) is 71.4 Å². The third kappa shape index (κ3) is 6.09. The molecule has 0 bridgehead atoms. The van der Waals surface area contributed by atoms with Gasteiger partial charge in [-0.15, -0.1) is 0 Å². The van der Waals surface area contributed by atoms with Crippen molar-refractivity contribution < 1.29 is 29.6 Å². The lowest BCUT2D eigenvalue weighted by atomic mass is 9.68. The van der Waals surface area contributed by atoms with Crippen LogP contribution in [0.3, 0.4) is 0 Å². The third-order valence-corrected chi connectivity index (χ3v) is 10.1. The van der Waals surface area contributed by atoms with Crippen molar-refractivity contribution in [1.29, 1.82) is 0 Å². The molecule has 0 radical (unpaired) electrons. The predicted octanol–water partition coefficient (Wildman–Crippen LogP) is 6.12. The molecule has 2 fully saturated rings. The van der Waals surface area contributed by atoms with E-state index in [1.807, 2.05) is 60.7 Å². The Kier molecular flexibility index (Phi) is 9.50. The van der Waals surface area contributed by atoms with Crippen LogP contribution in [0.25, 0.3) is 22.4 Å². The van der Waals surface area contributed by atoms with Crippen LogP contribution in [-0.2, 0) is 14.3 Å². The molecule has 6 rings (SSSR count). The van der Waals surface area contributed by atoms with E-state index in [4.69, 9.17) is 4.74 Å². The Hall–Kier alpha value is -3.78. The summed E-state index contributed by atoms with van der Waals surface area (Å²) in [7, 11) is 1.59. The van der Waals surface area contributed by atoms with Crippen molar-refractivity contribution in [3.05, 3.63) is 89.0 Å². The van der Waals surface area contributed by atoms with Gasteiger partial charge in [0.05, 0.1) is 31.2 Å². The van der Waals surface area contributed by atoms with E-state index in [0.717, 1.165) is 65.1 Å². The molecule has 3 aliphatic rings. The van der Waals surface area contributed by atoms with Crippen molar-refractivity contribution in [2.45, 2.75) is 63.5 Å². The highest BCUT2D eigenvalue weighted by molar-refractivity contribution is 6.06. The standard InChI is InChI=1S/C38H43NO6/c1-45-23-27-21-31-36(38(44)39(37(31)43)28-12-6-3-7-13-28)32(22-40)35(27)34(42)19-16-25(24-10-4-2-5-11-24)20-26-17-18-33(41)30-15-9-8-14-29(26)30/h2,4-5,8-11,14-15,17-18,20,28,31-32,34,36,40-42H,3,6-7,12-13,16,19,21-23H2,1H3/b25-20-/t31-,32+,34-,36-/m1/s1. The number of hydrogen-bond acceptors (Lipinski definition) is 6. The summed E-state index contributed by atoms with van der Waals surface area (Å²) in [5, 5.41) is 34.7. The number of likely N-dealkylation sites (tertiary alicyclic amines) is 1. The summed E-state index contributed by atoms with van der Waals surface area (Å²) in [6.07, 6.45) is 7.23. The number of benzene rings is 3. The van der Waals surface area contributed by atoms with E-state index in [1.165, 1.54) is 4.90 Å². The molecule has 3 aromatic rings. The van der Waals surface area contributed by atoms with Crippen LogP contribution in [-0.4, -0.2) is 64.5 Å². The van der Waals surface area contributed by atoms with Crippen LogP contribution < -0.4 is 0 Å². The van der Waals surface area contributed by atoms with Crippen LogP contribution in [0.2, 0.25) is 0 Å². The van der Waals surface area contributed by atoms with E-state index in [9.17, 15) is 24.9 Å². The molecule has 7 nitrogen and oxygen atoms in total. The second-order valence-electron chi connectivity index (χ2n) is 12.8. The van der Waals surface area contributed by atoms with E-state index in [-0.39, 0.29) is 36.8 Å². The summed E-state index contributed by atoms with van der Waals surface area (Å²) in [4.78, 5) is 29.0. The van der Waals surface area contributed by atoms with E-state index in [1.54, 1.807) is 13.2 Å². The third-order valence-electron chi connectivity index (χ3n) is 10.1. The van der Waals surface area contributed by atoms with Crippen molar-refractivity contribution in [1.82, 2.24) is 4.90 Å². The number of ether oxygens (including phenoxy) is 1. The van der Waals surface area contributed by atoms with Gasteiger partial charge in [0.25, 0.3) is 0 Å². The maximum atomic E-state index is 13.9. The Morgan fingerprint density at radius 3 is 2.38 bits per heavy atom. The van der Waals surface area contributed by atoms with Gasteiger partial charge in [-0.25, -0.2) is 0 Å². The average molecular weight is 610 g/mol. The fraction of sp³-hybridized carbons (Fsp3) is 0.421. The first-order valence-corrected chi connectivity index (χ1v) is 16.3. The van der Waals surface area contributed by atoms with Crippen molar-refractivity contribution in [2.24, 2.45) is 17.8 Å². The van der Waals surface area contributed by atoms with Crippen LogP contribution in [0.5, 0.6) is 5.75 Å². The monoisotopic (exact) mass is 609 g/mol. The number of methoxy groups -OCH3 is 1. The highest BCUT2D eigenvalue weighted by Gasteiger charge is 2.56. The quantitative estimate of drug-likeness (QED) is 0.145. The van der Waals surface area contributed by atoms with Gasteiger partial charge in [0.1, 0.15) is 5.75 Å². The molecule has 2 amide bonds. The fourth-order valence-corrected chi connectivity index (χ4v) is 8.01. The fourth-order valence-electron chi connectivity index (χ4n) is 8.01. The van der Waals surface area contributed by atoms with Gasteiger partial charge >= 0.3 is 0 Å². The Morgan fingerprint density at radius 1 is 0.956 bits per heavy atom. The molecule has 45 heavy (non-hydrogen) atoms. The molecular formula is C38H43NO6. The lowest BCUT2D eigenvalue weighted by Gasteiger charge is -2.36. The Bertz CT molecular complexity index is 1600. The zero-order chi connectivity index (χ0) is 31.5. The van der Waals surface area contributed by atoms with Crippen LogP contribution >= 0.6 is 0 Å². The number of allylic oxidation sites excluding steroid dienone is 1. The van der Waals surface area contributed by atoms with E-state index < -0.39 is 23.9 Å². The number of carbonyl (C=O) groups excluding carboxylic acids is 2. The number of phenols is 1. The van der Waals surface area contributed by atoms with Gasteiger partial charge in [0, 0.05) is 24.5 Å². The number of aliphatic hydroxyl groups is 2. The van der Waals surface area contributed by atoms with Crippen molar-refractivity contribution in [2.75, 3.05) is 20.3 Å². The van der Waals surface area contributed by atoms with Gasteiger partial charge in [-0.3, -0.25) is 14.5 Å². The molecule has 3 N–H and O–H groups in total. The highest BCUT2D eigenvalue weighted by atomic mass is 16.5. The molecule has 2 aliphatic carbocycles. The molecule has 0 unspecified atom stereocenters. The molecule has 7 heteroatoms. The Labute approximate surface area is 264 Å². The summed E-state index contributed by atoms with van der Waals surface area (Å²) in [6, 6.07) is 21.3. The number of hydrogen-bond donors (Lipinski definition) is 3. The minimum Gasteiger partial charge on any atom is -0.507 e. The van der Waals surface area contributed by atoms with Gasteiger partial charge in [0.15, 0.2) is 0 Å². The van der Waals surface area contributed by atoms with Gasteiger partial charge in [-0.2, -0.15) is 0 Å². The SMILES string of the molecule is COCC1=C([C@H](O)CC/C(=C/c2ccc(O)c3ccccc23)c2ccccc2)[C@H](CO)[C@@H]2C(=O)N(C3CCCCC3)C(=O)[C@@H]2C1. The van der Waals surface area contributed by atoms with Gasteiger partial charge in [-0.1, -0.05) is 86.0 Å². The number of phenolic OH excluding ortho intramolecular Hbond substituents is 1. The number of nitrogens with zero attached hydrogens (tertiary/aromatic N) is 1. The molecule has 3 aromatic carbocycles. The van der Waals surface area contributed by atoms with Crippen molar-refractivity contribution in [3.63, 3.8) is 0 Å². The summed E-state index contributed by atoms with van der Waals surface area (Å²) in [5.41, 5.74) is 4.46. The van der Waals surface area contributed by atoms with Crippen LogP contribution in [0.15, 0.2) is 77.9 Å². The minimum absolute atomic E-state index is 0.0718. The number of carbonyl (C=O) groups is 2. The smallest absolute Gasteiger partial charge is 0.234 e. The molecule has 1 saturated heterocycles. The maximum Gasteiger partial charge on any atom is 0.234 e. The highest BCUT2D eigenvalue weighted by Crippen LogP contribution is 2.48. The van der Waals surface area contributed by atoms with Gasteiger partial charge < -0.3 is 20.1 Å². The predicted molar refractivity (Wildman–Crippen MR) is 175 cm³/mol. The number of amides is 2. The number of fused-ring (bicyclic) bond motifs is 2. The topological polar surface area (TPSA) is 107 Å². The second kappa shape index (κ2) is 13.7. The minimum atomic E-state index is -0.927. The lowest BCUT2D eigenvalue weighted by Crippen LogP contribution is -2.42. The second-order valence-corrected chi connectivity index (χ2v) is 12.8. The summed E-state index contributed by atoms with van der Waals surface area (Å²) in [5.74, 6) is -1.93.